The molecule has 41 heavy (non-hydrogen) atoms. The van der Waals surface area contributed by atoms with Crippen molar-refractivity contribution >= 4 is 43.8 Å². The average molecular weight is 572 g/mol. The summed E-state index contributed by atoms with van der Waals surface area (Å²) < 4.78 is 33.8. The van der Waals surface area contributed by atoms with Crippen LogP contribution in [0.15, 0.2) is 89.8 Å². The number of fused-ring (bicyclic) bond motifs is 2. The summed E-state index contributed by atoms with van der Waals surface area (Å²) in [7, 11) is -3.78. The minimum atomic E-state index is -3.78. The first-order valence-electron chi connectivity index (χ1n) is 13.7. The SMILES string of the molecule is CC(C)(C)NS(=O)(=O)c1ccc(C2(O)C(=O)N(c3cccc4cc(N5CCOCC5)ccc34)c3ccccc32)cc1. The first-order valence-corrected chi connectivity index (χ1v) is 15.1. The lowest BCUT2D eigenvalue weighted by Gasteiger charge is -2.29. The Morgan fingerprint density at radius 1 is 0.878 bits per heavy atom. The van der Waals surface area contributed by atoms with E-state index in [2.05, 4.69) is 21.8 Å². The molecule has 1 saturated heterocycles. The fourth-order valence-electron chi connectivity index (χ4n) is 5.68. The van der Waals surface area contributed by atoms with E-state index in [0.717, 1.165) is 29.5 Å². The van der Waals surface area contributed by atoms with Crippen LogP contribution >= 0.6 is 0 Å². The Hall–Kier alpha value is -3.76. The second-order valence-corrected chi connectivity index (χ2v) is 13.2. The molecular formula is C32H33N3O5S. The summed E-state index contributed by atoms with van der Waals surface area (Å²) in [4.78, 5) is 18.1. The highest BCUT2D eigenvalue weighted by atomic mass is 32.2. The van der Waals surface area contributed by atoms with Gasteiger partial charge >= 0.3 is 0 Å². The Morgan fingerprint density at radius 2 is 1.56 bits per heavy atom. The van der Waals surface area contributed by atoms with E-state index in [1.165, 1.54) is 24.3 Å². The van der Waals surface area contributed by atoms with Crippen molar-refractivity contribution in [2.24, 2.45) is 0 Å². The van der Waals surface area contributed by atoms with Crippen LogP contribution in [0.25, 0.3) is 10.8 Å². The molecule has 212 valence electrons. The van der Waals surface area contributed by atoms with E-state index in [1.54, 1.807) is 37.8 Å². The molecule has 0 radical (unpaired) electrons. The molecule has 0 saturated carbocycles. The number of hydrogen-bond acceptors (Lipinski definition) is 6. The number of nitrogens with zero attached hydrogens (tertiary/aromatic N) is 2. The fourth-order valence-corrected chi connectivity index (χ4v) is 7.10. The largest absolute Gasteiger partial charge is 0.378 e. The van der Waals surface area contributed by atoms with Gasteiger partial charge in [0.2, 0.25) is 10.0 Å². The number of hydrogen-bond donors (Lipinski definition) is 2. The van der Waals surface area contributed by atoms with Crippen LogP contribution in [0.3, 0.4) is 0 Å². The van der Waals surface area contributed by atoms with Gasteiger partial charge in [0, 0.05) is 35.3 Å². The maximum absolute atomic E-state index is 14.2. The third-order valence-electron chi connectivity index (χ3n) is 7.53. The van der Waals surface area contributed by atoms with Crippen molar-refractivity contribution < 1.29 is 23.1 Å². The van der Waals surface area contributed by atoms with Gasteiger partial charge in [0.25, 0.3) is 5.91 Å². The molecule has 1 unspecified atom stereocenters. The van der Waals surface area contributed by atoms with Gasteiger partial charge in [-0.2, -0.15) is 0 Å². The summed E-state index contributed by atoms with van der Waals surface area (Å²) in [6, 6.07) is 25.0. The average Bonchev–Trinajstić information content (AvgIpc) is 3.19. The van der Waals surface area contributed by atoms with E-state index in [9.17, 15) is 18.3 Å². The van der Waals surface area contributed by atoms with Gasteiger partial charge in [-0.05, 0) is 68.1 Å². The molecule has 4 aromatic carbocycles. The third-order valence-corrected chi connectivity index (χ3v) is 9.30. The van der Waals surface area contributed by atoms with Crippen LogP contribution in [-0.2, 0) is 25.2 Å². The Kier molecular flexibility index (Phi) is 6.66. The van der Waals surface area contributed by atoms with Crippen LogP contribution in [0.4, 0.5) is 17.1 Å². The highest BCUT2D eigenvalue weighted by molar-refractivity contribution is 7.89. The highest BCUT2D eigenvalue weighted by Crippen LogP contribution is 2.49. The highest BCUT2D eigenvalue weighted by Gasteiger charge is 2.51. The molecule has 0 aliphatic carbocycles. The summed E-state index contributed by atoms with van der Waals surface area (Å²) in [5, 5.41) is 14.0. The number of benzene rings is 4. The van der Waals surface area contributed by atoms with E-state index in [4.69, 9.17) is 4.74 Å². The van der Waals surface area contributed by atoms with Crippen molar-refractivity contribution in [1.82, 2.24) is 4.72 Å². The molecule has 1 fully saturated rings. The molecular weight excluding hydrogens is 538 g/mol. The van der Waals surface area contributed by atoms with E-state index >= 15 is 0 Å². The summed E-state index contributed by atoms with van der Waals surface area (Å²) in [6.45, 7) is 8.32. The zero-order valence-corrected chi connectivity index (χ0v) is 24.1. The van der Waals surface area contributed by atoms with Crippen LogP contribution in [-0.4, -0.2) is 51.3 Å². The van der Waals surface area contributed by atoms with Gasteiger partial charge in [-0.25, -0.2) is 13.1 Å². The number of rotatable bonds is 5. The number of carbonyl (C=O) groups is 1. The molecule has 0 spiro atoms. The van der Waals surface area contributed by atoms with Gasteiger partial charge in [-0.1, -0.05) is 48.5 Å². The second kappa shape index (κ2) is 9.95. The van der Waals surface area contributed by atoms with Crippen LogP contribution < -0.4 is 14.5 Å². The first kappa shape index (κ1) is 27.4. The van der Waals surface area contributed by atoms with Gasteiger partial charge in [0.1, 0.15) is 0 Å². The van der Waals surface area contributed by atoms with Crippen molar-refractivity contribution in [1.29, 1.82) is 0 Å². The van der Waals surface area contributed by atoms with Crippen LogP contribution in [0.1, 0.15) is 31.9 Å². The van der Waals surface area contributed by atoms with Crippen molar-refractivity contribution in [3.05, 3.63) is 96.1 Å². The lowest BCUT2D eigenvalue weighted by atomic mass is 9.87. The number of morpholine rings is 1. The summed E-state index contributed by atoms with van der Waals surface area (Å²) in [6.07, 6.45) is 0. The second-order valence-electron chi connectivity index (χ2n) is 11.5. The summed E-state index contributed by atoms with van der Waals surface area (Å²) in [5.41, 5.74) is 0.425. The molecule has 2 heterocycles. The molecule has 2 aliphatic rings. The molecule has 1 amide bonds. The number of para-hydroxylation sites is 1. The quantitative estimate of drug-likeness (QED) is 0.361. The third kappa shape index (κ3) is 4.78. The van der Waals surface area contributed by atoms with Gasteiger partial charge in [-0.3, -0.25) is 9.69 Å². The van der Waals surface area contributed by atoms with Crippen molar-refractivity contribution in [3.63, 3.8) is 0 Å². The predicted octanol–water partition coefficient (Wildman–Crippen LogP) is 4.67. The van der Waals surface area contributed by atoms with Crippen molar-refractivity contribution in [2.45, 2.75) is 36.8 Å². The molecule has 4 aromatic rings. The minimum absolute atomic E-state index is 0.0560. The number of carbonyl (C=O) groups excluding carboxylic acids is 1. The van der Waals surface area contributed by atoms with Gasteiger partial charge in [0.15, 0.2) is 5.60 Å². The van der Waals surface area contributed by atoms with Gasteiger partial charge in [-0.15, -0.1) is 0 Å². The zero-order valence-electron chi connectivity index (χ0n) is 23.3. The Morgan fingerprint density at radius 3 is 2.27 bits per heavy atom. The minimum Gasteiger partial charge on any atom is -0.378 e. The van der Waals surface area contributed by atoms with E-state index in [1.807, 2.05) is 36.4 Å². The zero-order chi connectivity index (χ0) is 29.0. The molecule has 8 nitrogen and oxygen atoms in total. The molecule has 0 aromatic heterocycles. The molecule has 1 atom stereocenters. The first-order chi connectivity index (χ1) is 19.5. The Balaban J connectivity index is 1.41. The summed E-state index contributed by atoms with van der Waals surface area (Å²) in [5.74, 6) is -0.521. The van der Waals surface area contributed by atoms with Crippen molar-refractivity contribution in [2.75, 3.05) is 36.1 Å². The Labute approximate surface area is 240 Å². The number of sulfonamides is 1. The van der Waals surface area contributed by atoms with E-state index in [0.29, 0.717) is 35.7 Å². The fraction of sp³-hybridized carbons (Fsp3) is 0.281. The molecule has 6 rings (SSSR count). The lowest BCUT2D eigenvalue weighted by Crippen LogP contribution is -2.41. The van der Waals surface area contributed by atoms with Crippen LogP contribution in [0, 0.1) is 0 Å². The number of nitrogens with one attached hydrogen (secondary N) is 1. The Bertz CT molecular complexity index is 1740. The monoisotopic (exact) mass is 571 g/mol. The number of ether oxygens (including phenoxy) is 1. The van der Waals surface area contributed by atoms with Crippen LogP contribution in [0.5, 0.6) is 0 Å². The number of aliphatic hydroxyl groups is 1. The normalized spacial score (nSPS) is 19.6. The molecule has 0 bridgehead atoms. The summed E-state index contributed by atoms with van der Waals surface area (Å²) >= 11 is 0. The smallest absolute Gasteiger partial charge is 0.273 e. The van der Waals surface area contributed by atoms with Gasteiger partial charge in [0.05, 0.1) is 29.5 Å². The predicted molar refractivity (Wildman–Crippen MR) is 160 cm³/mol. The molecule has 2 aliphatic heterocycles. The van der Waals surface area contributed by atoms with Crippen LogP contribution in [0.2, 0.25) is 0 Å². The van der Waals surface area contributed by atoms with E-state index in [-0.39, 0.29) is 4.90 Å². The molecule has 2 N–H and O–H groups in total. The number of anilines is 3. The van der Waals surface area contributed by atoms with Crippen molar-refractivity contribution in [3.8, 4) is 0 Å². The maximum atomic E-state index is 14.2. The van der Waals surface area contributed by atoms with Gasteiger partial charge < -0.3 is 14.7 Å². The lowest BCUT2D eigenvalue weighted by molar-refractivity contribution is -0.131. The standard InChI is InChI=1S/C32H33N3O5S/c1-31(2,3)33-41(38,39)25-14-11-23(12-15-25)32(37)27-8-4-5-9-29(27)35(30(32)36)28-10-6-7-22-21-24(13-16-26(22)28)34-17-19-40-20-18-34/h4-16,21,33,37H,17-20H2,1-3H3. The number of amides is 1. The molecule has 9 heteroatoms. The van der Waals surface area contributed by atoms with E-state index < -0.39 is 27.1 Å². The topological polar surface area (TPSA) is 99.2 Å². The maximum Gasteiger partial charge on any atom is 0.273 e.